The first kappa shape index (κ1) is 15.5. The Labute approximate surface area is 136 Å². The summed E-state index contributed by atoms with van der Waals surface area (Å²) in [4.78, 5) is 23.1. The van der Waals surface area contributed by atoms with Crippen molar-refractivity contribution in [1.29, 1.82) is 0 Å². The van der Waals surface area contributed by atoms with Crippen LogP contribution in [0, 0.1) is 0 Å². The van der Waals surface area contributed by atoms with Gasteiger partial charge < -0.3 is 10.4 Å². The van der Waals surface area contributed by atoms with Crippen LogP contribution in [0.25, 0.3) is 0 Å². The van der Waals surface area contributed by atoms with E-state index in [0.717, 1.165) is 10.8 Å². The van der Waals surface area contributed by atoms with Crippen molar-refractivity contribution in [1.82, 2.24) is 20.3 Å². The lowest BCUT2D eigenvalue weighted by Crippen LogP contribution is -2.46. The molecule has 10 heteroatoms. The Morgan fingerprint density at radius 3 is 2.91 bits per heavy atom. The fourth-order valence-corrected chi connectivity index (χ4v) is 2.90. The molecule has 0 bridgehead atoms. The third kappa shape index (κ3) is 2.81. The number of aromatic nitrogens is 3. The second-order valence-electron chi connectivity index (χ2n) is 4.91. The molecule has 1 aliphatic carbocycles. The Hall–Kier alpha value is -2.36. The number of carbonyl (C=O) groups is 2. The van der Waals surface area contributed by atoms with Crippen LogP contribution >= 0.6 is 15.9 Å². The lowest BCUT2D eigenvalue weighted by atomic mass is 10.0. The van der Waals surface area contributed by atoms with Gasteiger partial charge in [-0.05, 0) is 18.2 Å². The number of amides is 1. The average Bonchev–Trinajstić information content (AvgIpc) is 2.83. The maximum atomic E-state index is 14.2. The molecule has 2 heterocycles. The van der Waals surface area contributed by atoms with Crippen LogP contribution in [0.5, 0.6) is 0 Å². The topological polar surface area (TPSA) is 97.1 Å². The molecule has 1 aliphatic heterocycles. The van der Waals surface area contributed by atoms with Crippen molar-refractivity contribution >= 4 is 27.8 Å². The van der Waals surface area contributed by atoms with E-state index in [-0.39, 0.29) is 17.8 Å². The van der Waals surface area contributed by atoms with Crippen molar-refractivity contribution in [3.63, 3.8) is 0 Å². The molecule has 2 unspecified atom stereocenters. The minimum Gasteiger partial charge on any atom is -0.476 e. The Morgan fingerprint density at radius 1 is 1.48 bits per heavy atom. The lowest BCUT2D eigenvalue weighted by Gasteiger charge is -2.25. The van der Waals surface area contributed by atoms with Crippen LogP contribution in [0.15, 0.2) is 34.1 Å². The van der Waals surface area contributed by atoms with E-state index < -0.39 is 35.6 Å². The molecule has 7 nitrogen and oxygen atoms in total. The molecule has 1 aromatic rings. The number of carboxylic acids is 1. The summed E-state index contributed by atoms with van der Waals surface area (Å²) in [5.41, 5.74) is -0.623. The van der Waals surface area contributed by atoms with E-state index >= 15 is 0 Å². The Kier molecular flexibility index (Phi) is 3.84. The van der Waals surface area contributed by atoms with Gasteiger partial charge in [0.05, 0.1) is 12.6 Å². The summed E-state index contributed by atoms with van der Waals surface area (Å²) in [5, 5.41) is 18.5. The minimum atomic E-state index is -1.60. The van der Waals surface area contributed by atoms with Crippen molar-refractivity contribution in [3.05, 3.63) is 45.5 Å². The van der Waals surface area contributed by atoms with E-state index in [1.54, 1.807) is 0 Å². The molecule has 0 aromatic carbocycles. The summed E-state index contributed by atoms with van der Waals surface area (Å²) in [6, 6.07) is -0.833. The number of halogens is 3. The normalized spacial score (nSPS) is 24.0. The van der Waals surface area contributed by atoms with Crippen molar-refractivity contribution in [2.24, 2.45) is 0 Å². The molecular formula is C13H9BrF2N4O3. The van der Waals surface area contributed by atoms with Crippen molar-refractivity contribution in [2.45, 2.75) is 18.8 Å². The average molecular weight is 387 g/mol. The zero-order chi connectivity index (χ0) is 16.7. The van der Waals surface area contributed by atoms with Crippen LogP contribution < -0.4 is 5.32 Å². The van der Waals surface area contributed by atoms with Gasteiger partial charge in [-0.2, -0.15) is 0 Å². The minimum absolute atomic E-state index is 0.0221. The molecule has 0 saturated carbocycles. The van der Waals surface area contributed by atoms with Crippen LogP contribution in [-0.4, -0.2) is 44.2 Å². The first-order valence-corrected chi connectivity index (χ1v) is 7.24. The van der Waals surface area contributed by atoms with Crippen LogP contribution in [-0.2, 0) is 6.54 Å². The molecule has 0 spiro atoms. The van der Waals surface area contributed by atoms with Crippen LogP contribution in [0.4, 0.5) is 8.78 Å². The van der Waals surface area contributed by atoms with E-state index in [0.29, 0.717) is 4.48 Å². The Bertz CT molecular complexity index is 799. The van der Waals surface area contributed by atoms with Gasteiger partial charge in [-0.15, -0.1) is 5.10 Å². The Balaban J connectivity index is 1.98. The lowest BCUT2D eigenvalue weighted by molar-refractivity contribution is 0.0682. The van der Waals surface area contributed by atoms with Crippen molar-refractivity contribution in [2.75, 3.05) is 0 Å². The fourth-order valence-electron chi connectivity index (χ4n) is 2.40. The first-order valence-electron chi connectivity index (χ1n) is 6.45. The highest BCUT2D eigenvalue weighted by atomic mass is 79.9. The number of allylic oxidation sites excluding steroid dienone is 4. The molecule has 1 amide bonds. The van der Waals surface area contributed by atoms with Gasteiger partial charge in [0.15, 0.2) is 5.69 Å². The van der Waals surface area contributed by atoms with Gasteiger partial charge in [0, 0.05) is 10.1 Å². The van der Waals surface area contributed by atoms with Crippen LogP contribution in [0.2, 0.25) is 0 Å². The zero-order valence-electron chi connectivity index (χ0n) is 11.3. The quantitative estimate of drug-likeness (QED) is 0.802. The van der Waals surface area contributed by atoms with Crippen molar-refractivity contribution < 1.29 is 23.5 Å². The van der Waals surface area contributed by atoms with E-state index in [9.17, 15) is 18.4 Å². The van der Waals surface area contributed by atoms with E-state index in [1.807, 2.05) is 0 Å². The second kappa shape index (κ2) is 5.69. The zero-order valence-corrected chi connectivity index (χ0v) is 12.9. The summed E-state index contributed by atoms with van der Waals surface area (Å²) in [5.74, 6) is -2.93. The maximum absolute atomic E-state index is 14.2. The maximum Gasteiger partial charge on any atom is 0.358 e. The van der Waals surface area contributed by atoms with Crippen molar-refractivity contribution in [3.8, 4) is 0 Å². The Morgan fingerprint density at radius 2 is 2.22 bits per heavy atom. The van der Waals surface area contributed by atoms with Gasteiger partial charge in [-0.1, -0.05) is 21.1 Å². The van der Waals surface area contributed by atoms with Gasteiger partial charge in [-0.25, -0.2) is 18.3 Å². The summed E-state index contributed by atoms with van der Waals surface area (Å²) in [6.45, 7) is -0.0221. The van der Waals surface area contributed by atoms with E-state index in [2.05, 4.69) is 31.6 Å². The number of nitrogens with zero attached hydrogens (tertiary/aromatic N) is 3. The summed E-state index contributed by atoms with van der Waals surface area (Å²) >= 11 is 3.10. The molecule has 2 atom stereocenters. The number of carbonyl (C=O) groups excluding carboxylic acids is 1. The van der Waals surface area contributed by atoms with Gasteiger partial charge in [-0.3, -0.25) is 4.79 Å². The number of alkyl halides is 1. The molecule has 0 radical (unpaired) electrons. The largest absolute Gasteiger partial charge is 0.476 e. The molecule has 1 aromatic heterocycles. The summed E-state index contributed by atoms with van der Waals surface area (Å²) in [6.07, 6.45) is 1.71. The summed E-state index contributed by atoms with van der Waals surface area (Å²) < 4.78 is 29.0. The summed E-state index contributed by atoms with van der Waals surface area (Å²) in [7, 11) is 0. The highest BCUT2D eigenvalue weighted by molar-refractivity contribution is 9.11. The van der Waals surface area contributed by atoms with Gasteiger partial charge in [0.25, 0.3) is 5.91 Å². The molecule has 3 rings (SSSR count). The highest BCUT2D eigenvalue weighted by Gasteiger charge is 2.34. The highest BCUT2D eigenvalue weighted by Crippen LogP contribution is 2.28. The number of hydrogen-bond acceptors (Lipinski definition) is 4. The number of carboxylic acid groups (broad SMARTS) is 1. The molecule has 0 saturated heterocycles. The van der Waals surface area contributed by atoms with E-state index in [1.165, 1.54) is 12.2 Å². The van der Waals surface area contributed by atoms with Gasteiger partial charge >= 0.3 is 5.97 Å². The first-order chi connectivity index (χ1) is 10.9. The van der Waals surface area contributed by atoms with E-state index in [4.69, 9.17) is 5.11 Å². The fraction of sp³-hybridized carbons (Fsp3) is 0.231. The molecule has 2 N–H and O–H groups in total. The van der Waals surface area contributed by atoms with Gasteiger partial charge in [0.1, 0.15) is 12.0 Å². The number of nitrogens with one attached hydrogen (secondary N) is 1. The SMILES string of the molecule is O=C(O)c1nnn2c1C(=O)NC(C1=CC(Br)=CC(F)C=C1F)C2. The van der Waals surface area contributed by atoms with Gasteiger partial charge in [0.2, 0.25) is 5.69 Å². The molecule has 23 heavy (non-hydrogen) atoms. The van der Waals surface area contributed by atoms with Crippen LogP contribution in [0.3, 0.4) is 0 Å². The smallest absolute Gasteiger partial charge is 0.358 e. The number of aromatic carboxylic acids is 1. The second-order valence-corrected chi connectivity index (χ2v) is 5.83. The molecular weight excluding hydrogens is 378 g/mol. The monoisotopic (exact) mass is 386 g/mol. The number of fused-ring (bicyclic) bond motifs is 1. The predicted molar refractivity (Wildman–Crippen MR) is 77.4 cm³/mol. The molecule has 2 aliphatic rings. The number of rotatable bonds is 2. The third-order valence-electron chi connectivity index (χ3n) is 3.38. The standard InChI is InChI=1S/C13H9BrF2N4O3/c14-5-1-6(15)3-8(16)7(2-5)9-4-20-11(12(21)17-9)10(13(22)23)18-19-20/h1-3,6,9H,4H2,(H,17,21)(H,22,23). The molecule has 120 valence electrons. The van der Waals surface area contributed by atoms with Crippen LogP contribution in [0.1, 0.15) is 21.0 Å². The third-order valence-corrected chi connectivity index (χ3v) is 3.88. The molecule has 0 fully saturated rings. The number of hydrogen-bond donors (Lipinski definition) is 2. The predicted octanol–water partition coefficient (Wildman–Crippen LogP) is 1.50.